The molecule has 0 heterocycles. The number of carbonyl (C=O) groups is 4. The topological polar surface area (TPSA) is 147 Å². The van der Waals surface area contributed by atoms with E-state index in [4.69, 9.17) is 23.7 Å². The molecule has 0 radical (unpaired) electrons. The van der Waals surface area contributed by atoms with Crippen molar-refractivity contribution in [3.05, 3.63) is 144 Å². The lowest BCUT2D eigenvalue weighted by molar-refractivity contribution is 0.0723. The summed E-state index contributed by atoms with van der Waals surface area (Å²) < 4.78 is 26.8. The Morgan fingerprint density at radius 2 is 0.830 bits per heavy atom. The Morgan fingerprint density at radius 3 is 1.21 bits per heavy atom. The number of carbonyl (C=O) groups excluding carboxylic acids is 4. The molecular formula is C36H25NO10. The van der Waals surface area contributed by atoms with Gasteiger partial charge in [-0.15, -0.1) is 0 Å². The molecule has 0 bridgehead atoms. The van der Waals surface area contributed by atoms with Crippen molar-refractivity contribution in [2.24, 2.45) is 4.99 Å². The van der Waals surface area contributed by atoms with Gasteiger partial charge < -0.3 is 28.8 Å². The third kappa shape index (κ3) is 8.67. The number of nitrogens with zero attached hydrogens (tertiary/aromatic N) is 1. The first-order valence-electron chi connectivity index (χ1n) is 13.9. The molecule has 0 atom stereocenters. The van der Waals surface area contributed by atoms with Gasteiger partial charge in [-0.3, -0.25) is 4.99 Å². The van der Waals surface area contributed by atoms with Crippen LogP contribution in [-0.4, -0.2) is 42.4 Å². The van der Waals surface area contributed by atoms with E-state index in [0.717, 1.165) is 0 Å². The van der Waals surface area contributed by atoms with Crippen LogP contribution in [0.5, 0.6) is 34.5 Å². The first-order chi connectivity index (χ1) is 22.8. The maximum absolute atomic E-state index is 12.7. The summed E-state index contributed by atoms with van der Waals surface area (Å²) in [4.78, 5) is 53.8. The molecule has 0 aliphatic rings. The van der Waals surface area contributed by atoms with Crippen LogP contribution in [0.1, 0.15) is 41.4 Å². The maximum atomic E-state index is 12.7. The molecule has 0 unspecified atom stereocenters. The number of rotatable bonds is 11. The summed E-state index contributed by atoms with van der Waals surface area (Å²) in [6.07, 6.45) is 0. The summed E-state index contributed by atoms with van der Waals surface area (Å²) in [7, 11) is 0. The number of phenols is 1. The van der Waals surface area contributed by atoms with Gasteiger partial charge >= 0.3 is 23.9 Å². The minimum Gasteiger partial charge on any atom is -0.508 e. The number of hydrogen-bond donors (Lipinski definition) is 1. The van der Waals surface area contributed by atoms with Crippen LogP contribution in [-0.2, 0) is 0 Å². The minimum atomic E-state index is -0.690. The van der Waals surface area contributed by atoms with Gasteiger partial charge in [-0.1, -0.05) is 6.07 Å². The van der Waals surface area contributed by atoms with E-state index in [1.807, 2.05) is 0 Å². The first kappa shape index (κ1) is 31.7. The molecule has 0 fully saturated rings. The smallest absolute Gasteiger partial charge is 0.343 e. The summed E-state index contributed by atoms with van der Waals surface area (Å²) >= 11 is 0. The molecule has 11 nitrogen and oxygen atoms in total. The molecule has 0 saturated heterocycles. The van der Waals surface area contributed by atoms with Gasteiger partial charge in [0.25, 0.3) is 0 Å². The highest BCUT2D eigenvalue weighted by molar-refractivity contribution is 5.94. The molecule has 5 aromatic carbocycles. The Bertz CT molecular complexity index is 1900. The molecule has 47 heavy (non-hydrogen) atoms. The van der Waals surface area contributed by atoms with Crippen LogP contribution < -0.4 is 23.7 Å². The average Bonchev–Trinajstić information content (AvgIpc) is 3.08. The highest BCUT2D eigenvalue weighted by Gasteiger charge is 2.15. The van der Waals surface area contributed by atoms with E-state index in [1.54, 1.807) is 30.3 Å². The second kappa shape index (κ2) is 14.8. The zero-order valence-corrected chi connectivity index (χ0v) is 24.5. The molecule has 5 rings (SSSR count). The van der Waals surface area contributed by atoms with E-state index in [1.165, 1.54) is 91.0 Å². The van der Waals surface area contributed by atoms with Crippen molar-refractivity contribution in [1.29, 1.82) is 0 Å². The van der Waals surface area contributed by atoms with Crippen LogP contribution in [0.25, 0.3) is 0 Å². The van der Waals surface area contributed by atoms with E-state index in [2.05, 4.69) is 11.7 Å². The van der Waals surface area contributed by atoms with Crippen LogP contribution in [0.2, 0.25) is 0 Å². The van der Waals surface area contributed by atoms with Gasteiger partial charge in [0.05, 0.1) is 22.3 Å². The highest BCUT2D eigenvalue weighted by Crippen LogP contribution is 2.24. The minimum absolute atomic E-state index is 0.0217. The Hall–Kier alpha value is -6.75. The molecule has 0 aromatic heterocycles. The molecule has 0 saturated carbocycles. The molecule has 0 amide bonds. The normalized spacial score (nSPS) is 10.3. The van der Waals surface area contributed by atoms with E-state index >= 15 is 0 Å². The molecule has 0 aliphatic carbocycles. The molecule has 0 spiro atoms. The maximum Gasteiger partial charge on any atom is 0.343 e. The second-order valence-electron chi connectivity index (χ2n) is 9.65. The van der Waals surface area contributed by atoms with Gasteiger partial charge in [-0.2, -0.15) is 0 Å². The fraction of sp³-hybridized carbons (Fsp3) is 0.0278. The van der Waals surface area contributed by atoms with E-state index in [-0.39, 0.29) is 52.2 Å². The number of esters is 4. The fourth-order valence-corrected chi connectivity index (χ4v) is 3.99. The lowest BCUT2D eigenvalue weighted by Crippen LogP contribution is -2.11. The van der Waals surface area contributed by atoms with Gasteiger partial charge in [0.1, 0.15) is 34.5 Å². The van der Waals surface area contributed by atoms with Crippen molar-refractivity contribution in [3.8, 4) is 34.5 Å². The summed E-state index contributed by atoms with van der Waals surface area (Å²) in [6.45, 7) is 3.43. The van der Waals surface area contributed by atoms with Gasteiger partial charge in [-0.05, 0) is 116 Å². The molecular weight excluding hydrogens is 606 g/mol. The van der Waals surface area contributed by atoms with Crippen molar-refractivity contribution in [2.75, 3.05) is 6.73 Å². The van der Waals surface area contributed by atoms with Crippen LogP contribution in [0.4, 0.5) is 0 Å². The summed E-state index contributed by atoms with van der Waals surface area (Å²) in [5, 5.41) is 9.36. The Kier molecular flexibility index (Phi) is 9.98. The highest BCUT2D eigenvalue weighted by atomic mass is 16.6. The van der Waals surface area contributed by atoms with Gasteiger partial charge in [0.15, 0.2) is 6.73 Å². The number of phenolic OH excluding ortho intramolecular Hbond substituents is 1. The summed E-state index contributed by atoms with van der Waals surface area (Å²) in [5.74, 6) is -1.36. The van der Waals surface area contributed by atoms with Crippen molar-refractivity contribution in [1.82, 2.24) is 0 Å². The van der Waals surface area contributed by atoms with Crippen molar-refractivity contribution >= 4 is 30.6 Å². The number of ether oxygens (including phenoxy) is 5. The third-order valence-electron chi connectivity index (χ3n) is 6.34. The quantitative estimate of drug-likeness (QED) is 0.1000. The predicted molar refractivity (Wildman–Crippen MR) is 169 cm³/mol. The van der Waals surface area contributed by atoms with Crippen LogP contribution >= 0.6 is 0 Å². The molecule has 5 aromatic rings. The van der Waals surface area contributed by atoms with Crippen molar-refractivity contribution in [2.45, 2.75) is 0 Å². The van der Waals surface area contributed by atoms with Crippen LogP contribution in [0, 0.1) is 0 Å². The number of benzene rings is 5. The third-order valence-corrected chi connectivity index (χ3v) is 6.34. The van der Waals surface area contributed by atoms with Gasteiger partial charge in [0, 0.05) is 6.07 Å². The van der Waals surface area contributed by atoms with E-state index in [9.17, 15) is 24.3 Å². The SMILES string of the molecule is C=NCOc1ccc(C(=O)Oc2ccc(C(=O)Oc3cccc(OC(=O)c4ccc(OC(=O)c5ccc(O)cc5)cc4)c3)cc2)cc1. The molecule has 11 heteroatoms. The number of aliphatic imine (C=N–C) groups is 1. The molecule has 234 valence electrons. The molecule has 1 N–H and O–H groups in total. The van der Waals surface area contributed by atoms with E-state index in [0.29, 0.717) is 11.3 Å². The standard InChI is InChI=1S/C36H25NO10/c1-37-22-43-28-15-7-24(8-16-28)34(40)45-30-19-11-26(12-20-30)36(42)47-32-4-2-3-31(21-32)46-35(41)25-9-17-29(18-10-25)44-33(39)23-5-13-27(38)14-6-23/h2-21,38H,1,22H2. The van der Waals surface area contributed by atoms with Crippen molar-refractivity contribution < 1.29 is 48.0 Å². The Labute approximate surface area is 268 Å². The fourth-order valence-electron chi connectivity index (χ4n) is 3.99. The van der Waals surface area contributed by atoms with E-state index < -0.39 is 23.9 Å². The average molecular weight is 632 g/mol. The zero-order chi connectivity index (χ0) is 33.2. The lowest BCUT2D eigenvalue weighted by Gasteiger charge is -2.09. The predicted octanol–water partition coefficient (Wildman–Crippen LogP) is 6.31. The lowest BCUT2D eigenvalue weighted by atomic mass is 10.2. The largest absolute Gasteiger partial charge is 0.508 e. The van der Waals surface area contributed by atoms with Gasteiger partial charge in [-0.25, -0.2) is 19.2 Å². The van der Waals surface area contributed by atoms with Crippen molar-refractivity contribution in [3.63, 3.8) is 0 Å². The molecule has 0 aliphatic heterocycles. The summed E-state index contributed by atoms with van der Waals surface area (Å²) in [5.41, 5.74) is 0.926. The monoisotopic (exact) mass is 631 g/mol. The van der Waals surface area contributed by atoms with Crippen LogP contribution in [0.3, 0.4) is 0 Å². The number of aromatic hydroxyl groups is 1. The Balaban J connectivity index is 1.13. The van der Waals surface area contributed by atoms with Crippen LogP contribution in [0.15, 0.2) is 126 Å². The zero-order valence-electron chi connectivity index (χ0n) is 24.5. The first-order valence-corrected chi connectivity index (χ1v) is 13.9. The number of hydrogen-bond acceptors (Lipinski definition) is 11. The summed E-state index contributed by atoms with van der Waals surface area (Å²) in [6, 6.07) is 29.4. The van der Waals surface area contributed by atoms with Gasteiger partial charge in [0.2, 0.25) is 0 Å². The Morgan fingerprint density at radius 1 is 0.489 bits per heavy atom. The second-order valence-corrected chi connectivity index (χ2v) is 9.65.